The van der Waals surface area contributed by atoms with Crippen molar-refractivity contribution in [3.05, 3.63) is 0 Å². The van der Waals surface area contributed by atoms with Gasteiger partial charge in [0.2, 0.25) is 0 Å². The minimum Gasteiger partial charge on any atom is -0.220 e. The molecule has 0 spiro atoms. The maximum Gasteiger partial charge on any atom is 0.383 e. The summed E-state index contributed by atoms with van der Waals surface area (Å²) in [5.41, 5.74) is 0. The van der Waals surface area contributed by atoms with E-state index in [1.807, 2.05) is 0 Å². The van der Waals surface area contributed by atoms with Crippen molar-refractivity contribution >= 4 is 12.6 Å². The predicted octanol–water partition coefficient (Wildman–Crippen LogP) is -0.124. The lowest BCUT2D eigenvalue weighted by molar-refractivity contribution is -0.408. The van der Waals surface area contributed by atoms with E-state index < -0.39 is 0 Å². The van der Waals surface area contributed by atoms with Crippen LogP contribution in [0.4, 0.5) is 0 Å². The molecule has 0 radical (unpaired) electrons. The Labute approximate surface area is 37.1 Å². The molecule has 1 amide bonds. The maximum atomic E-state index is 10.0. The Balaban J connectivity index is 3.57. The first kappa shape index (κ1) is 5.34. The zero-order chi connectivity index (χ0) is 5.15. The van der Waals surface area contributed by atoms with Crippen molar-refractivity contribution in [2.75, 3.05) is 7.05 Å². The molecule has 0 aromatic carbocycles. The third kappa shape index (κ3) is 1.64. The normalized spacial score (nSPS) is 7.67. The Kier molecular flexibility index (Phi) is 1.51. The van der Waals surface area contributed by atoms with Gasteiger partial charge in [0.05, 0.1) is 6.92 Å². The van der Waals surface area contributed by atoms with Gasteiger partial charge in [-0.3, -0.25) is 0 Å². The van der Waals surface area contributed by atoms with Crippen molar-refractivity contribution < 1.29 is 9.37 Å². The molecule has 0 atom stereocenters. The minimum atomic E-state index is -0.0185. The molecule has 34 valence electrons. The molecule has 2 heteroatoms. The van der Waals surface area contributed by atoms with E-state index in [0.717, 1.165) is 0 Å². The van der Waals surface area contributed by atoms with Crippen molar-refractivity contribution in [3.63, 3.8) is 0 Å². The highest BCUT2D eigenvalue weighted by molar-refractivity contribution is 5.65. The summed E-state index contributed by atoms with van der Waals surface area (Å²) in [4.78, 5) is 10.0. The first-order valence-corrected chi connectivity index (χ1v) is 1.69. The molecule has 0 saturated carbocycles. The van der Waals surface area contributed by atoms with Crippen LogP contribution in [0.3, 0.4) is 0 Å². The van der Waals surface area contributed by atoms with Crippen molar-refractivity contribution in [1.29, 1.82) is 0 Å². The summed E-state index contributed by atoms with van der Waals surface area (Å²) in [6.45, 7) is 4.79. The first-order chi connectivity index (χ1) is 2.64. The summed E-state index contributed by atoms with van der Waals surface area (Å²) in [5.74, 6) is -0.0185. The summed E-state index contributed by atoms with van der Waals surface area (Å²) in [6.07, 6.45) is 0. The van der Waals surface area contributed by atoms with Gasteiger partial charge < -0.3 is 0 Å². The van der Waals surface area contributed by atoms with Gasteiger partial charge in [0.1, 0.15) is 13.8 Å². The molecule has 0 heterocycles. The molecule has 0 rings (SSSR count). The van der Waals surface area contributed by atoms with Gasteiger partial charge in [-0.05, 0) is 0 Å². The zero-order valence-corrected chi connectivity index (χ0v) is 4.06. The first-order valence-electron chi connectivity index (χ1n) is 1.69. The monoisotopic (exact) mass is 86.1 g/mol. The standard InChI is InChI=1S/C4H8NO/c1-4(6)5(2)3/h2H2,1,3H3/q+1. The summed E-state index contributed by atoms with van der Waals surface area (Å²) in [5, 5.41) is 0. The zero-order valence-electron chi connectivity index (χ0n) is 4.06. The Morgan fingerprint density at radius 1 is 1.83 bits per heavy atom. The number of carbonyl (C=O) groups is 1. The van der Waals surface area contributed by atoms with Crippen LogP contribution in [0.25, 0.3) is 0 Å². The van der Waals surface area contributed by atoms with Crippen LogP contribution >= 0.6 is 0 Å². The molecule has 0 aliphatic carbocycles. The van der Waals surface area contributed by atoms with Gasteiger partial charge in [0.25, 0.3) is 0 Å². The number of rotatable bonds is 0. The lowest BCUT2D eigenvalue weighted by Gasteiger charge is -1.76. The second-order valence-corrected chi connectivity index (χ2v) is 1.22. The van der Waals surface area contributed by atoms with Gasteiger partial charge >= 0.3 is 5.91 Å². The van der Waals surface area contributed by atoms with Crippen LogP contribution in [-0.2, 0) is 4.79 Å². The van der Waals surface area contributed by atoms with Crippen LogP contribution < -0.4 is 0 Å². The number of amides is 1. The third-order valence-electron chi connectivity index (χ3n) is 0.538. The van der Waals surface area contributed by atoms with Crippen molar-refractivity contribution in [2.45, 2.75) is 6.92 Å². The Morgan fingerprint density at radius 3 is 2.00 bits per heavy atom. The van der Waals surface area contributed by atoms with Crippen LogP contribution in [0.2, 0.25) is 0 Å². The van der Waals surface area contributed by atoms with E-state index in [-0.39, 0.29) is 5.91 Å². The van der Waals surface area contributed by atoms with Gasteiger partial charge in [-0.2, -0.15) is 4.58 Å². The van der Waals surface area contributed by atoms with Gasteiger partial charge in [0, 0.05) is 0 Å². The molecule has 0 aliphatic heterocycles. The molecule has 0 aromatic heterocycles. The van der Waals surface area contributed by atoms with Gasteiger partial charge in [-0.1, -0.05) is 0 Å². The number of hydrogen-bond donors (Lipinski definition) is 0. The van der Waals surface area contributed by atoms with Crippen molar-refractivity contribution in [1.82, 2.24) is 0 Å². The fourth-order valence-corrected chi connectivity index (χ4v) is 0. The quantitative estimate of drug-likeness (QED) is 0.297. The van der Waals surface area contributed by atoms with E-state index in [2.05, 4.69) is 6.72 Å². The molecule has 0 saturated heterocycles. The summed E-state index contributed by atoms with van der Waals surface area (Å²) in [6, 6.07) is 0. The van der Waals surface area contributed by atoms with Crippen LogP contribution in [0.1, 0.15) is 6.92 Å². The molecule has 0 aromatic rings. The van der Waals surface area contributed by atoms with E-state index in [4.69, 9.17) is 0 Å². The molecule has 0 bridgehead atoms. The average molecular weight is 86.1 g/mol. The largest absolute Gasteiger partial charge is 0.383 e. The van der Waals surface area contributed by atoms with Crippen LogP contribution in [0.15, 0.2) is 0 Å². The van der Waals surface area contributed by atoms with Crippen molar-refractivity contribution in [2.24, 2.45) is 0 Å². The molecule has 0 fully saturated rings. The molecule has 0 unspecified atom stereocenters. The highest BCUT2D eigenvalue weighted by atomic mass is 16.1. The molecule has 2 nitrogen and oxygen atoms in total. The summed E-state index contributed by atoms with van der Waals surface area (Å²) < 4.78 is 1.28. The second kappa shape index (κ2) is 1.70. The topological polar surface area (TPSA) is 20.1 Å². The predicted molar refractivity (Wildman–Crippen MR) is 24.0 cm³/mol. The number of carbonyl (C=O) groups excluding carboxylic acids is 1. The number of hydrogen-bond acceptors (Lipinski definition) is 1. The smallest absolute Gasteiger partial charge is 0.220 e. The van der Waals surface area contributed by atoms with Crippen LogP contribution in [0, 0.1) is 0 Å². The summed E-state index contributed by atoms with van der Waals surface area (Å²) in [7, 11) is 1.61. The summed E-state index contributed by atoms with van der Waals surface area (Å²) >= 11 is 0. The maximum absolute atomic E-state index is 10.0. The molecular weight excluding hydrogens is 78.0 g/mol. The fraction of sp³-hybridized carbons (Fsp3) is 0.500. The molecule has 0 aliphatic rings. The lowest BCUT2D eigenvalue weighted by Crippen LogP contribution is -2.07. The third-order valence-corrected chi connectivity index (χ3v) is 0.538. The van der Waals surface area contributed by atoms with Gasteiger partial charge in [-0.25, -0.2) is 4.79 Å². The van der Waals surface area contributed by atoms with Crippen LogP contribution in [0.5, 0.6) is 0 Å². The van der Waals surface area contributed by atoms with Gasteiger partial charge in [0.15, 0.2) is 0 Å². The van der Waals surface area contributed by atoms with E-state index in [9.17, 15) is 4.79 Å². The Bertz CT molecular complexity index is 73.5. The highest BCUT2D eigenvalue weighted by Gasteiger charge is 1.94. The minimum absolute atomic E-state index is 0.0185. The SMILES string of the molecule is C=[N+](C)C(C)=O. The van der Waals surface area contributed by atoms with Crippen molar-refractivity contribution in [3.8, 4) is 0 Å². The van der Waals surface area contributed by atoms with Crippen LogP contribution in [-0.4, -0.2) is 24.2 Å². The van der Waals surface area contributed by atoms with Gasteiger partial charge in [-0.15, -0.1) is 0 Å². The second-order valence-electron chi connectivity index (χ2n) is 1.22. The molecular formula is C4H8NO+. The molecule has 0 N–H and O–H groups in total. The highest BCUT2D eigenvalue weighted by Crippen LogP contribution is 1.60. The molecule has 6 heavy (non-hydrogen) atoms. The Morgan fingerprint density at radius 2 is 2.00 bits per heavy atom. The van der Waals surface area contributed by atoms with E-state index >= 15 is 0 Å². The fourth-order valence-electron chi connectivity index (χ4n) is 0. The average Bonchev–Trinajstić information content (AvgIpc) is 1.36. The van der Waals surface area contributed by atoms with E-state index in [1.54, 1.807) is 7.05 Å². The van der Waals surface area contributed by atoms with E-state index in [1.165, 1.54) is 11.5 Å². The Hall–Kier alpha value is -0.660. The lowest BCUT2D eigenvalue weighted by atomic mass is 10.7. The van der Waals surface area contributed by atoms with E-state index in [0.29, 0.717) is 0 Å². The number of nitrogens with zero attached hydrogens (tertiary/aromatic N) is 1.